The van der Waals surface area contributed by atoms with E-state index in [4.69, 9.17) is 14.2 Å². The van der Waals surface area contributed by atoms with E-state index in [1.807, 2.05) is 24.3 Å². The number of carbonyl (C=O) groups is 3. The Kier molecular flexibility index (Phi) is 10.6. The van der Waals surface area contributed by atoms with Crippen molar-refractivity contribution >= 4 is 51.2 Å². The van der Waals surface area contributed by atoms with Crippen LogP contribution in [0.3, 0.4) is 0 Å². The molecule has 0 bridgehead atoms. The highest BCUT2D eigenvalue weighted by Gasteiger charge is 2.18. The molecule has 2 N–H and O–H groups in total. The van der Waals surface area contributed by atoms with Crippen LogP contribution in [0.2, 0.25) is 0 Å². The van der Waals surface area contributed by atoms with Crippen molar-refractivity contribution in [3.8, 4) is 17.2 Å². The van der Waals surface area contributed by atoms with Crippen LogP contribution >= 0.6 is 27.7 Å². The van der Waals surface area contributed by atoms with Crippen molar-refractivity contribution in [2.75, 3.05) is 31.9 Å². The zero-order chi connectivity index (χ0) is 30.1. The van der Waals surface area contributed by atoms with Crippen molar-refractivity contribution in [2.45, 2.75) is 18.6 Å². The standard InChI is InChI=1S/C29H28BrN5O6S/c1-4-41-28(38)18-5-10-21(11-6-18)32-26(36)17-42-29-34-33-25(35(29)22-12-8-20(30)9-13-22)16-31-27(37)19-7-14-23(39-2)24(15-19)40-3/h5-15H,4,16-17H2,1-3H3,(H,31,37)(H,32,36). The van der Waals surface area contributed by atoms with E-state index in [1.165, 1.54) is 26.0 Å². The number of rotatable bonds is 12. The second-order valence-electron chi connectivity index (χ2n) is 8.60. The number of hydrogen-bond donors (Lipinski definition) is 2. The molecule has 0 saturated carbocycles. The number of benzene rings is 3. The molecule has 1 heterocycles. The van der Waals surface area contributed by atoms with E-state index in [-0.39, 0.29) is 30.7 Å². The number of thioether (sulfide) groups is 1. The van der Waals surface area contributed by atoms with Crippen LogP contribution in [0.1, 0.15) is 33.5 Å². The molecule has 0 aliphatic carbocycles. The first-order chi connectivity index (χ1) is 20.3. The maximum absolute atomic E-state index is 12.9. The largest absolute Gasteiger partial charge is 0.493 e. The van der Waals surface area contributed by atoms with E-state index in [9.17, 15) is 14.4 Å². The predicted molar refractivity (Wildman–Crippen MR) is 162 cm³/mol. The first kappa shape index (κ1) is 30.6. The zero-order valence-corrected chi connectivity index (χ0v) is 25.5. The van der Waals surface area contributed by atoms with Crippen molar-refractivity contribution in [3.63, 3.8) is 0 Å². The number of esters is 1. The highest BCUT2D eigenvalue weighted by molar-refractivity contribution is 9.10. The van der Waals surface area contributed by atoms with Crippen molar-refractivity contribution in [1.29, 1.82) is 0 Å². The molecule has 0 aliphatic rings. The molecule has 13 heteroatoms. The van der Waals surface area contributed by atoms with E-state index < -0.39 is 5.97 Å². The molecule has 4 aromatic rings. The SMILES string of the molecule is CCOC(=O)c1ccc(NC(=O)CSc2nnc(CNC(=O)c3ccc(OC)c(OC)c3)n2-c2ccc(Br)cc2)cc1. The summed E-state index contributed by atoms with van der Waals surface area (Å²) in [5.74, 6) is 0.462. The average Bonchev–Trinajstić information content (AvgIpc) is 3.42. The second kappa shape index (κ2) is 14.5. The van der Waals surface area contributed by atoms with E-state index in [2.05, 4.69) is 36.8 Å². The molecule has 42 heavy (non-hydrogen) atoms. The van der Waals surface area contributed by atoms with Crippen LogP contribution in [0.25, 0.3) is 5.69 Å². The van der Waals surface area contributed by atoms with Gasteiger partial charge in [0.2, 0.25) is 5.91 Å². The lowest BCUT2D eigenvalue weighted by atomic mass is 10.2. The van der Waals surface area contributed by atoms with Gasteiger partial charge in [0.1, 0.15) is 0 Å². The third-order valence-corrected chi connectivity index (χ3v) is 7.31. The summed E-state index contributed by atoms with van der Waals surface area (Å²) in [6.45, 7) is 2.10. The van der Waals surface area contributed by atoms with E-state index in [1.54, 1.807) is 54.0 Å². The number of anilines is 1. The fraction of sp³-hybridized carbons (Fsp3) is 0.207. The number of amides is 2. The fourth-order valence-corrected chi connectivity index (χ4v) is 4.86. The van der Waals surface area contributed by atoms with Gasteiger partial charge in [0, 0.05) is 21.4 Å². The van der Waals surface area contributed by atoms with Crippen LogP contribution in [0, 0.1) is 0 Å². The number of halogens is 1. The predicted octanol–water partition coefficient (Wildman–Crippen LogP) is 4.88. The monoisotopic (exact) mass is 653 g/mol. The highest BCUT2D eigenvalue weighted by atomic mass is 79.9. The molecule has 0 aliphatic heterocycles. The smallest absolute Gasteiger partial charge is 0.338 e. The first-order valence-electron chi connectivity index (χ1n) is 12.7. The van der Waals surface area contributed by atoms with Gasteiger partial charge in [0.25, 0.3) is 5.91 Å². The molecule has 0 saturated heterocycles. The van der Waals surface area contributed by atoms with Gasteiger partial charge >= 0.3 is 5.97 Å². The van der Waals surface area contributed by atoms with Crippen molar-refractivity contribution in [2.24, 2.45) is 0 Å². The van der Waals surface area contributed by atoms with Crippen molar-refractivity contribution < 1.29 is 28.6 Å². The second-order valence-corrected chi connectivity index (χ2v) is 10.5. The highest BCUT2D eigenvalue weighted by Crippen LogP contribution is 2.28. The number of aromatic nitrogens is 3. The Labute approximate surface area is 255 Å². The Bertz CT molecular complexity index is 1560. The molecule has 218 valence electrons. The van der Waals surface area contributed by atoms with Gasteiger partial charge in [-0.05, 0) is 73.7 Å². The Morgan fingerprint density at radius 1 is 0.905 bits per heavy atom. The van der Waals surface area contributed by atoms with Crippen molar-refractivity contribution in [3.05, 3.63) is 88.2 Å². The molecule has 0 spiro atoms. The minimum Gasteiger partial charge on any atom is -0.493 e. The van der Waals surface area contributed by atoms with Crippen LogP contribution in [-0.4, -0.2) is 59.1 Å². The van der Waals surface area contributed by atoms with Gasteiger partial charge in [0.15, 0.2) is 22.5 Å². The maximum Gasteiger partial charge on any atom is 0.338 e. The normalized spacial score (nSPS) is 10.6. The fourth-order valence-electron chi connectivity index (χ4n) is 3.83. The van der Waals surface area contributed by atoms with Gasteiger partial charge in [-0.3, -0.25) is 14.2 Å². The van der Waals surface area contributed by atoms with Gasteiger partial charge in [-0.15, -0.1) is 10.2 Å². The zero-order valence-electron chi connectivity index (χ0n) is 23.0. The molecule has 0 fully saturated rings. The number of nitrogens with zero attached hydrogens (tertiary/aromatic N) is 3. The quantitative estimate of drug-likeness (QED) is 0.162. The number of methoxy groups -OCH3 is 2. The summed E-state index contributed by atoms with van der Waals surface area (Å²) in [5.41, 5.74) is 2.10. The summed E-state index contributed by atoms with van der Waals surface area (Å²) in [5, 5.41) is 14.7. The van der Waals surface area contributed by atoms with E-state index in [0.29, 0.717) is 39.3 Å². The Morgan fingerprint density at radius 3 is 2.26 bits per heavy atom. The van der Waals surface area contributed by atoms with Crippen LogP contribution in [-0.2, 0) is 16.1 Å². The number of carbonyl (C=O) groups excluding carboxylic acids is 3. The summed E-state index contributed by atoms with van der Waals surface area (Å²) in [6.07, 6.45) is 0. The summed E-state index contributed by atoms with van der Waals surface area (Å²) in [7, 11) is 3.03. The lowest BCUT2D eigenvalue weighted by molar-refractivity contribution is -0.113. The maximum atomic E-state index is 12.9. The number of nitrogens with one attached hydrogen (secondary N) is 2. The number of ether oxygens (including phenoxy) is 3. The summed E-state index contributed by atoms with van der Waals surface area (Å²) < 4.78 is 18.2. The van der Waals surface area contributed by atoms with E-state index in [0.717, 1.165) is 10.2 Å². The molecule has 0 atom stereocenters. The summed E-state index contributed by atoms with van der Waals surface area (Å²) in [6, 6.07) is 18.9. The first-order valence-corrected chi connectivity index (χ1v) is 14.5. The van der Waals surface area contributed by atoms with Gasteiger partial charge in [0.05, 0.1) is 38.7 Å². The lowest BCUT2D eigenvalue weighted by Gasteiger charge is -2.12. The Morgan fingerprint density at radius 2 is 1.60 bits per heavy atom. The molecule has 4 rings (SSSR count). The third kappa shape index (κ3) is 7.68. The minimum absolute atomic E-state index is 0.0479. The van der Waals surface area contributed by atoms with Gasteiger partial charge in [-0.1, -0.05) is 27.7 Å². The lowest BCUT2D eigenvalue weighted by Crippen LogP contribution is -2.24. The molecular formula is C29H28BrN5O6S. The van der Waals surface area contributed by atoms with Crippen molar-refractivity contribution in [1.82, 2.24) is 20.1 Å². The Balaban J connectivity index is 1.46. The third-order valence-electron chi connectivity index (χ3n) is 5.85. The summed E-state index contributed by atoms with van der Waals surface area (Å²) in [4.78, 5) is 37.5. The molecule has 0 unspecified atom stereocenters. The molecule has 1 aromatic heterocycles. The van der Waals surface area contributed by atoms with Crippen LogP contribution in [0.5, 0.6) is 11.5 Å². The van der Waals surface area contributed by atoms with Gasteiger partial charge in [-0.25, -0.2) is 4.79 Å². The van der Waals surface area contributed by atoms with Gasteiger partial charge in [-0.2, -0.15) is 0 Å². The Hall–Kier alpha value is -4.36. The van der Waals surface area contributed by atoms with E-state index >= 15 is 0 Å². The minimum atomic E-state index is -0.422. The van der Waals surface area contributed by atoms with Crippen LogP contribution in [0.4, 0.5) is 5.69 Å². The average molecular weight is 655 g/mol. The van der Waals surface area contributed by atoms with Crippen LogP contribution < -0.4 is 20.1 Å². The van der Waals surface area contributed by atoms with Crippen LogP contribution in [0.15, 0.2) is 76.4 Å². The molecule has 11 nitrogen and oxygen atoms in total. The number of hydrogen-bond acceptors (Lipinski definition) is 9. The molecular weight excluding hydrogens is 626 g/mol. The molecule has 3 aromatic carbocycles. The molecule has 2 amide bonds. The summed E-state index contributed by atoms with van der Waals surface area (Å²) >= 11 is 4.64. The molecule has 0 radical (unpaired) electrons. The van der Waals surface area contributed by atoms with Gasteiger partial charge < -0.3 is 24.8 Å². The topological polar surface area (TPSA) is 134 Å².